The summed E-state index contributed by atoms with van der Waals surface area (Å²) in [7, 11) is 0. The molecule has 0 fully saturated rings. The fourth-order valence-corrected chi connectivity index (χ4v) is 0.450. The van der Waals surface area contributed by atoms with E-state index in [2.05, 4.69) is 18.2 Å². The van der Waals surface area contributed by atoms with Crippen LogP contribution in [0.15, 0.2) is 41.0 Å². The molecule has 0 aromatic rings. The van der Waals surface area contributed by atoms with E-state index in [9.17, 15) is 0 Å². The molecule has 1 nitrogen and oxygen atoms in total. The van der Waals surface area contributed by atoms with Crippen LogP contribution >= 0.6 is 11.6 Å². The molecule has 0 aromatic carbocycles. The van der Waals surface area contributed by atoms with Crippen molar-refractivity contribution in [3.05, 3.63) is 36.0 Å². The van der Waals surface area contributed by atoms with Crippen LogP contribution in [0.25, 0.3) is 0 Å². The first-order chi connectivity index (χ1) is 4.66. The van der Waals surface area contributed by atoms with Gasteiger partial charge in [-0.05, 0) is 12.5 Å². The number of rotatable bonds is 3. The molecule has 0 N–H and O–H groups in total. The molecule has 2 heteroatoms. The van der Waals surface area contributed by atoms with Gasteiger partial charge in [-0.1, -0.05) is 36.9 Å². The number of hydrogen-bond donors (Lipinski definition) is 0. The lowest BCUT2D eigenvalue weighted by molar-refractivity contribution is 1.51. The van der Waals surface area contributed by atoms with Gasteiger partial charge in [0.15, 0.2) is 0 Å². The van der Waals surface area contributed by atoms with Crippen molar-refractivity contribution in [2.75, 3.05) is 0 Å². The minimum absolute atomic E-state index is 0.289. The number of aliphatic imine (C=N–C) groups is 1. The van der Waals surface area contributed by atoms with Crippen molar-refractivity contribution in [2.24, 2.45) is 4.99 Å². The van der Waals surface area contributed by atoms with E-state index in [1.807, 2.05) is 13.0 Å². The highest BCUT2D eigenvalue weighted by Crippen LogP contribution is 1.98. The van der Waals surface area contributed by atoms with Gasteiger partial charge in [-0.2, -0.15) is 0 Å². The molecule has 0 bridgehead atoms. The van der Waals surface area contributed by atoms with Gasteiger partial charge in [-0.25, -0.2) is 4.99 Å². The van der Waals surface area contributed by atoms with E-state index in [1.54, 1.807) is 12.3 Å². The van der Waals surface area contributed by atoms with Crippen LogP contribution in [0.5, 0.6) is 0 Å². The zero-order valence-electron chi connectivity index (χ0n) is 5.97. The van der Waals surface area contributed by atoms with E-state index in [4.69, 9.17) is 11.6 Å². The van der Waals surface area contributed by atoms with E-state index in [0.29, 0.717) is 0 Å². The average Bonchev–Trinajstić information content (AvgIpc) is 1.85. The number of nitrogens with zero attached hydrogens (tertiary/aromatic N) is 1. The highest BCUT2D eigenvalue weighted by molar-refractivity contribution is 6.29. The number of allylic oxidation sites excluding steroid dienone is 3. The van der Waals surface area contributed by atoms with Crippen LogP contribution in [0, 0.1) is 0 Å². The smallest absolute Gasteiger partial charge is 0.121 e. The molecule has 0 heterocycles. The summed E-state index contributed by atoms with van der Waals surface area (Å²) in [6, 6.07) is 0. The summed E-state index contributed by atoms with van der Waals surface area (Å²) >= 11 is 5.38. The largest absolute Gasteiger partial charge is 0.245 e. The molecule has 0 aliphatic rings. The summed E-state index contributed by atoms with van der Waals surface area (Å²) < 4.78 is 0. The van der Waals surface area contributed by atoms with Crippen LogP contribution in [0.1, 0.15) is 6.92 Å². The fourth-order valence-electron chi connectivity index (χ4n) is 0.401. The summed E-state index contributed by atoms with van der Waals surface area (Å²) in [6.45, 7) is 8.84. The quantitative estimate of drug-likeness (QED) is 0.338. The van der Waals surface area contributed by atoms with Gasteiger partial charge in [-0.3, -0.25) is 0 Å². The second-order valence-electron chi connectivity index (χ2n) is 1.78. The second kappa shape index (κ2) is 5.00. The predicted molar refractivity (Wildman–Crippen MR) is 47.4 cm³/mol. The second-order valence-corrected chi connectivity index (χ2v) is 2.22. The summed E-state index contributed by atoms with van der Waals surface area (Å²) in [4.78, 5) is 3.77. The van der Waals surface area contributed by atoms with Crippen LogP contribution in [0.4, 0.5) is 0 Å². The third kappa shape index (κ3) is 5.32. The molecule has 10 heavy (non-hydrogen) atoms. The Kier molecular flexibility index (Phi) is 4.59. The van der Waals surface area contributed by atoms with Gasteiger partial charge in [0.1, 0.15) is 5.16 Å². The Bertz CT molecular complexity index is 189. The SMILES string of the molecule is C=C/C=C(/C)C=NC(=C)Cl. The molecule has 0 atom stereocenters. The Morgan fingerprint density at radius 2 is 2.20 bits per heavy atom. The van der Waals surface area contributed by atoms with E-state index in [1.165, 1.54) is 0 Å². The lowest BCUT2D eigenvalue weighted by Gasteiger charge is -1.85. The lowest BCUT2D eigenvalue weighted by Crippen LogP contribution is -1.74. The Labute approximate surface area is 66.4 Å². The van der Waals surface area contributed by atoms with Crippen LogP contribution in [0.2, 0.25) is 0 Å². The molecule has 0 amide bonds. The molecule has 54 valence electrons. The molecule has 0 aliphatic heterocycles. The third-order valence-corrected chi connectivity index (χ3v) is 0.887. The first-order valence-electron chi connectivity index (χ1n) is 2.84. The molecule has 0 aromatic heterocycles. The molecule has 0 rings (SSSR count). The van der Waals surface area contributed by atoms with Crippen LogP contribution in [-0.2, 0) is 0 Å². The van der Waals surface area contributed by atoms with Crippen LogP contribution in [0.3, 0.4) is 0 Å². The fraction of sp³-hybridized carbons (Fsp3) is 0.125. The van der Waals surface area contributed by atoms with Crippen molar-refractivity contribution in [3.63, 3.8) is 0 Å². The first kappa shape index (κ1) is 9.18. The maximum Gasteiger partial charge on any atom is 0.121 e. The maximum absolute atomic E-state index is 5.38. The van der Waals surface area contributed by atoms with E-state index in [0.717, 1.165) is 5.57 Å². The molecule has 0 saturated carbocycles. The number of halogens is 1. The predicted octanol–water partition coefficient (Wildman–Crippen LogP) is 2.90. The minimum atomic E-state index is 0.289. The Morgan fingerprint density at radius 1 is 1.60 bits per heavy atom. The first-order valence-corrected chi connectivity index (χ1v) is 3.22. The van der Waals surface area contributed by atoms with Crippen LogP contribution < -0.4 is 0 Å². The number of hydrogen-bond acceptors (Lipinski definition) is 1. The van der Waals surface area contributed by atoms with Gasteiger partial charge in [0, 0.05) is 6.21 Å². The van der Waals surface area contributed by atoms with Crippen LogP contribution in [-0.4, -0.2) is 6.21 Å². The van der Waals surface area contributed by atoms with E-state index >= 15 is 0 Å². The van der Waals surface area contributed by atoms with Gasteiger partial charge in [0.2, 0.25) is 0 Å². The summed E-state index contributed by atoms with van der Waals surface area (Å²) in [6.07, 6.45) is 5.17. The maximum atomic E-state index is 5.38. The van der Waals surface area contributed by atoms with Crippen molar-refractivity contribution in [1.29, 1.82) is 0 Å². The molecular weight excluding hydrogens is 146 g/mol. The van der Waals surface area contributed by atoms with Gasteiger partial charge >= 0.3 is 0 Å². The van der Waals surface area contributed by atoms with Gasteiger partial charge < -0.3 is 0 Å². The lowest BCUT2D eigenvalue weighted by atomic mass is 10.3. The average molecular weight is 156 g/mol. The van der Waals surface area contributed by atoms with Crippen molar-refractivity contribution in [2.45, 2.75) is 6.92 Å². The monoisotopic (exact) mass is 155 g/mol. The third-order valence-electron chi connectivity index (χ3n) is 0.789. The zero-order valence-corrected chi connectivity index (χ0v) is 6.73. The standard InChI is InChI=1S/C8H10ClN/c1-4-5-7(2)6-10-8(3)9/h4-6H,1,3H2,2H3/b7-5-,10-6?. The van der Waals surface area contributed by atoms with Crippen molar-refractivity contribution in [3.8, 4) is 0 Å². The minimum Gasteiger partial charge on any atom is -0.245 e. The molecular formula is C8H10ClN. The highest BCUT2D eigenvalue weighted by atomic mass is 35.5. The summed E-state index contributed by atoms with van der Waals surface area (Å²) in [5, 5.41) is 0.289. The topological polar surface area (TPSA) is 12.4 Å². The molecule has 0 radical (unpaired) electrons. The Balaban J connectivity index is 4.01. The molecule has 0 spiro atoms. The molecule has 0 saturated heterocycles. The Morgan fingerprint density at radius 3 is 2.60 bits per heavy atom. The normalized spacial score (nSPS) is 12.0. The molecule has 0 aliphatic carbocycles. The zero-order chi connectivity index (χ0) is 7.98. The van der Waals surface area contributed by atoms with Gasteiger partial charge in [0.05, 0.1) is 0 Å². The van der Waals surface area contributed by atoms with Crippen molar-refractivity contribution < 1.29 is 0 Å². The summed E-state index contributed by atoms with van der Waals surface area (Å²) in [5.41, 5.74) is 0.997. The Hall–Kier alpha value is -0.820. The van der Waals surface area contributed by atoms with E-state index < -0.39 is 0 Å². The van der Waals surface area contributed by atoms with Crippen molar-refractivity contribution >= 4 is 17.8 Å². The molecule has 0 unspecified atom stereocenters. The van der Waals surface area contributed by atoms with Gasteiger partial charge in [-0.15, -0.1) is 0 Å². The highest BCUT2D eigenvalue weighted by Gasteiger charge is 1.79. The van der Waals surface area contributed by atoms with Gasteiger partial charge in [0.25, 0.3) is 0 Å². The van der Waals surface area contributed by atoms with E-state index in [-0.39, 0.29) is 5.16 Å². The summed E-state index contributed by atoms with van der Waals surface area (Å²) in [5.74, 6) is 0. The van der Waals surface area contributed by atoms with Crippen molar-refractivity contribution in [1.82, 2.24) is 0 Å².